The van der Waals surface area contributed by atoms with Crippen molar-refractivity contribution in [2.45, 2.75) is 19.9 Å². The maximum Gasteiger partial charge on any atom is 0.293 e. The van der Waals surface area contributed by atoms with E-state index in [4.69, 9.17) is 5.73 Å². The summed E-state index contributed by atoms with van der Waals surface area (Å²) in [5.74, 6) is 0.0175. The largest absolute Gasteiger partial charge is 0.330 e. The maximum atomic E-state index is 13.1. The Labute approximate surface area is 122 Å². The monoisotopic (exact) mass is 290 g/mol. The molecule has 1 aromatic carbocycles. The van der Waals surface area contributed by atoms with Gasteiger partial charge < -0.3 is 15.2 Å². The van der Waals surface area contributed by atoms with Crippen LogP contribution in [0.15, 0.2) is 41.5 Å². The number of anilines is 2. The van der Waals surface area contributed by atoms with E-state index in [2.05, 4.69) is 4.98 Å². The molecule has 5 nitrogen and oxygen atoms in total. The van der Waals surface area contributed by atoms with Gasteiger partial charge in [-0.1, -0.05) is 0 Å². The van der Waals surface area contributed by atoms with Crippen LogP contribution < -0.4 is 16.2 Å². The molecule has 1 heterocycles. The van der Waals surface area contributed by atoms with Gasteiger partial charge in [0.15, 0.2) is 5.82 Å². The van der Waals surface area contributed by atoms with Gasteiger partial charge in [-0.15, -0.1) is 0 Å². The van der Waals surface area contributed by atoms with E-state index < -0.39 is 0 Å². The molecule has 0 atom stereocenters. The maximum absolute atomic E-state index is 13.1. The van der Waals surface area contributed by atoms with Gasteiger partial charge in [-0.25, -0.2) is 9.37 Å². The number of nitrogens with two attached hydrogens (primary N) is 1. The van der Waals surface area contributed by atoms with Crippen LogP contribution in [0.5, 0.6) is 0 Å². The molecule has 112 valence electrons. The number of hydrogen-bond donors (Lipinski definition) is 1. The van der Waals surface area contributed by atoms with Gasteiger partial charge in [-0.3, -0.25) is 4.79 Å². The zero-order valence-corrected chi connectivity index (χ0v) is 12.0. The zero-order valence-electron chi connectivity index (χ0n) is 12.0. The van der Waals surface area contributed by atoms with Gasteiger partial charge in [0.1, 0.15) is 5.82 Å². The van der Waals surface area contributed by atoms with Crippen molar-refractivity contribution in [3.05, 3.63) is 52.8 Å². The fraction of sp³-hybridized carbons (Fsp3) is 0.333. The van der Waals surface area contributed by atoms with Crippen LogP contribution in [0.4, 0.5) is 15.9 Å². The standard InChI is InChI=1S/C15H19FN4O/c1-2-19-11-9-18-14(15(19)21)20(10-3-8-17)13-6-4-12(16)5-7-13/h4-7,9,11H,2-3,8,10,17H2,1H3. The highest BCUT2D eigenvalue weighted by molar-refractivity contribution is 5.58. The predicted molar refractivity (Wildman–Crippen MR) is 81.2 cm³/mol. The molecule has 0 bridgehead atoms. The molecule has 0 aliphatic carbocycles. The van der Waals surface area contributed by atoms with Crippen molar-refractivity contribution in [3.8, 4) is 0 Å². The molecule has 0 aliphatic heterocycles. The van der Waals surface area contributed by atoms with Crippen molar-refractivity contribution in [1.82, 2.24) is 9.55 Å². The highest BCUT2D eigenvalue weighted by Crippen LogP contribution is 2.21. The van der Waals surface area contributed by atoms with E-state index in [1.165, 1.54) is 12.1 Å². The number of halogens is 1. The van der Waals surface area contributed by atoms with Crippen molar-refractivity contribution in [3.63, 3.8) is 0 Å². The van der Waals surface area contributed by atoms with E-state index in [1.807, 2.05) is 6.92 Å². The van der Waals surface area contributed by atoms with Crippen LogP contribution in [0.2, 0.25) is 0 Å². The minimum absolute atomic E-state index is 0.165. The van der Waals surface area contributed by atoms with Crippen LogP contribution in [0.25, 0.3) is 0 Å². The predicted octanol–water partition coefficient (Wildman–Crippen LogP) is 1.89. The molecule has 0 fully saturated rings. The van der Waals surface area contributed by atoms with E-state index >= 15 is 0 Å². The average Bonchev–Trinajstić information content (AvgIpc) is 2.50. The number of aromatic nitrogens is 2. The summed E-state index contributed by atoms with van der Waals surface area (Å²) in [4.78, 5) is 18.4. The third-order valence-corrected chi connectivity index (χ3v) is 3.22. The molecule has 2 rings (SSSR count). The van der Waals surface area contributed by atoms with E-state index in [1.54, 1.807) is 34.0 Å². The quantitative estimate of drug-likeness (QED) is 0.882. The Kier molecular flexibility index (Phi) is 5.05. The van der Waals surface area contributed by atoms with Gasteiger partial charge in [0.05, 0.1) is 0 Å². The molecule has 2 aromatic rings. The number of rotatable bonds is 6. The number of hydrogen-bond acceptors (Lipinski definition) is 4. The van der Waals surface area contributed by atoms with Crippen LogP contribution in [0.1, 0.15) is 13.3 Å². The van der Waals surface area contributed by atoms with Crippen molar-refractivity contribution < 1.29 is 4.39 Å². The second-order valence-corrected chi connectivity index (χ2v) is 4.61. The molecule has 0 aliphatic rings. The Hall–Kier alpha value is -2.21. The third-order valence-electron chi connectivity index (χ3n) is 3.22. The van der Waals surface area contributed by atoms with Gasteiger partial charge in [0.2, 0.25) is 0 Å². The molecule has 0 spiro atoms. The highest BCUT2D eigenvalue weighted by atomic mass is 19.1. The molecular weight excluding hydrogens is 271 g/mol. The van der Waals surface area contributed by atoms with Gasteiger partial charge in [-0.2, -0.15) is 0 Å². The van der Waals surface area contributed by atoms with Crippen molar-refractivity contribution >= 4 is 11.5 Å². The second kappa shape index (κ2) is 6.99. The number of nitrogens with zero attached hydrogens (tertiary/aromatic N) is 3. The lowest BCUT2D eigenvalue weighted by atomic mass is 10.2. The first-order valence-electron chi connectivity index (χ1n) is 6.96. The molecule has 0 unspecified atom stereocenters. The van der Waals surface area contributed by atoms with E-state index in [0.717, 1.165) is 5.69 Å². The molecule has 0 saturated heterocycles. The topological polar surface area (TPSA) is 64.2 Å². The van der Waals surface area contributed by atoms with Crippen LogP contribution >= 0.6 is 0 Å². The summed E-state index contributed by atoms with van der Waals surface area (Å²) < 4.78 is 14.7. The Bertz CT molecular complexity index is 639. The van der Waals surface area contributed by atoms with Crippen LogP contribution in [0, 0.1) is 5.82 Å². The minimum Gasteiger partial charge on any atom is -0.330 e. The molecule has 0 radical (unpaired) electrons. The molecule has 0 amide bonds. The summed E-state index contributed by atoms with van der Waals surface area (Å²) in [5.41, 5.74) is 6.12. The zero-order chi connectivity index (χ0) is 15.2. The lowest BCUT2D eigenvalue weighted by molar-refractivity contribution is 0.627. The summed E-state index contributed by atoms with van der Waals surface area (Å²) in [7, 11) is 0. The molecule has 2 N–H and O–H groups in total. The Balaban J connectivity index is 2.45. The van der Waals surface area contributed by atoms with E-state index in [0.29, 0.717) is 31.9 Å². The first kappa shape index (κ1) is 15.2. The molecule has 21 heavy (non-hydrogen) atoms. The SMILES string of the molecule is CCn1ccnc(N(CCCN)c2ccc(F)cc2)c1=O. The second-order valence-electron chi connectivity index (χ2n) is 4.61. The summed E-state index contributed by atoms with van der Waals surface area (Å²) in [6.07, 6.45) is 3.95. The summed E-state index contributed by atoms with van der Waals surface area (Å²) in [6, 6.07) is 6.00. The lowest BCUT2D eigenvalue weighted by Gasteiger charge is -2.23. The fourth-order valence-electron chi connectivity index (χ4n) is 2.10. The Morgan fingerprint density at radius 3 is 2.67 bits per heavy atom. The Morgan fingerprint density at radius 1 is 1.33 bits per heavy atom. The van der Waals surface area contributed by atoms with Crippen LogP contribution in [-0.2, 0) is 6.54 Å². The Morgan fingerprint density at radius 2 is 2.05 bits per heavy atom. The van der Waals surface area contributed by atoms with Gasteiger partial charge in [-0.05, 0) is 44.2 Å². The summed E-state index contributed by atoms with van der Waals surface area (Å²) in [6.45, 7) is 3.53. The average molecular weight is 290 g/mol. The minimum atomic E-state index is -0.315. The van der Waals surface area contributed by atoms with Gasteiger partial charge in [0.25, 0.3) is 5.56 Å². The first-order chi connectivity index (χ1) is 10.2. The molecule has 1 aromatic heterocycles. The van der Waals surface area contributed by atoms with Gasteiger partial charge in [0, 0.05) is 31.2 Å². The first-order valence-corrected chi connectivity index (χ1v) is 6.96. The highest BCUT2D eigenvalue weighted by Gasteiger charge is 2.15. The molecule has 0 saturated carbocycles. The van der Waals surface area contributed by atoms with Crippen molar-refractivity contribution in [1.29, 1.82) is 0 Å². The summed E-state index contributed by atoms with van der Waals surface area (Å²) >= 11 is 0. The normalized spacial score (nSPS) is 10.6. The third kappa shape index (κ3) is 3.46. The smallest absolute Gasteiger partial charge is 0.293 e. The van der Waals surface area contributed by atoms with Crippen LogP contribution in [-0.4, -0.2) is 22.6 Å². The van der Waals surface area contributed by atoms with Gasteiger partial charge >= 0.3 is 0 Å². The number of benzene rings is 1. The lowest BCUT2D eigenvalue weighted by Crippen LogP contribution is -2.31. The molecule has 6 heteroatoms. The van der Waals surface area contributed by atoms with Crippen LogP contribution in [0.3, 0.4) is 0 Å². The van der Waals surface area contributed by atoms with Crippen molar-refractivity contribution in [2.24, 2.45) is 5.73 Å². The fourth-order valence-corrected chi connectivity index (χ4v) is 2.10. The number of aryl methyl sites for hydroxylation is 1. The summed E-state index contributed by atoms with van der Waals surface area (Å²) in [5, 5.41) is 0. The van der Waals surface area contributed by atoms with Crippen molar-refractivity contribution in [2.75, 3.05) is 18.0 Å². The van der Waals surface area contributed by atoms with E-state index in [-0.39, 0.29) is 11.4 Å². The van der Waals surface area contributed by atoms with E-state index in [9.17, 15) is 9.18 Å². The molecular formula is C15H19FN4O.